The molecule has 1 amide bonds. The molecule has 3 aromatic rings. The van der Waals surface area contributed by atoms with Crippen LogP contribution < -0.4 is 4.74 Å². The zero-order valence-corrected chi connectivity index (χ0v) is 19.8. The second-order valence-electron chi connectivity index (χ2n) is 7.71. The average molecular weight is 518 g/mol. The molecule has 0 bridgehead atoms. The van der Waals surface area contributed by atoms with E-state index in [-0.39, 0.29) is 11.7 Å². The third-order valence-corrected chi connectivity index (χ3v) is 6.38. The van der Waals surface area contributed by atoms with Crippen molar-refractivity contribution in [2.24, 2.45) is 0 Å². The monoisotopic (exact) mass is 516 g/mol. The highest BCUT2D eigenvalue weighted by Crippen LogP contribution is 2.22. The normalized spacial score (nSPS) is 14.4. The molecule has 7 heteroatoms. The molecule has 0 N–H and O–H groups in total. The average Bonchev–Trinajstić information content (AvgIpc) is 2.81. The first-order chi connectivity index (χ1) is 15.5. The first-order valence-electron chi connectivity index (χ1n) is 10.4. The maximum atomic E-state index is 14.1. The fourth-order valence-electron chi connectivity index (χ4n) is 3.69. The summed E-state index contributed by atoms with van der Waals surface area (Å²) in [7, 11) is 0. The molecule has 32 heavy (non-hydrogen) atoms. The van der Waals surface area contributed by atoms with Gasteiger partial charge in [0.25, 0.3) is 5.91 Å². The summed E-state index contributed by atoms with van der Waals surface area (Å²) in [5.41, 5.74) is 2.09. The number of benzene rings is 3. The molecule has 0 aromatic heterocycles. The highest BCUT2D eigenvalue weighted by atomic mass is 79.9. The quantitative estimate of drug-likeness (QED) is 0.416. The number of hydrogen-bond acceptors (Lipinski definition) is 3. The molecule has 0 radical (unpaired) electrons. The molecule has 166 valence electrons. The number of carbonyl (C=O) groups excluding carboxylic acids is 1. The van der Waals surface area contributed by atoms with Crippen LogP contribution in [-0.4, -0.2) is 41.9 Å². The molecular weight excluding hydrogens is 495 g/mol. The van der Waals surface area contributed by atoms with Gasteiger partial charge >= 0.3 is 0 Å². The van der Waals surface area contributed by atoms with Crippen LogP contribution in [0.2, 0.25) is 5.02 Å². The second kappa shape index (κ2) is 10.5. The van der Waals surface area contributed by atoms with Gasteiger partial charge in [0.2, 0.25) is 0 Å². The lowest BCUT2D eigenvalue weighted by atomic mass is 10.1. The lowest BCUT2D eigenvalue weighted by Gasteiger charge is -2.35. The molecule has 1 heterocycles. The van der Waals surface area contributed by atoms with Gasteiger partial charge in [0.1, 0.15) is 18.2 Å². The van der Waals surface area contributed by atoms with E-state index in [1.54, 1.807) is 12.1 Å². The SMILES string of the molecule is O=C(c1cccc(COc2ccc(Br)cc2)c1)N1CCN(Cc2c(F)cccc2Cl)CC1. The Kier molecular flexibility index (Phi) is 7.45. The molecule has 4 nitrogen and oxygen atoms in total. The molecule has 1 aliphatic heterocycles. The summed E-state index contributed by atoms with van der Waals surface area (Å²) in [4.78, 5) is 17.0. The van der Waals surface area contributed by atoms with E-state index in [1.165, 1.54) is 6.07 Å². The van der Waals surface area contributed by atoms with Crippen molar-refractivity contribution < 1.29 is 13.9 Å². The zero-order chi connectivity index (χ0) is 22.5. The Morgan fingerprint density at radius 2 is 1.72 bits per heavy atom. The standard InChI is InChI=1S/C25H23BrClFN2O2/c26-20-7-9-21(10-8-20)32-17-18-3-1-4-19(15-18)25(31)30-13-11-29(12-14-30)16-22-23(27)5-2-6-24(22)28/h1-10,15H,11-14,16-17H2. The Morgan fingerprint density at radius 3 is 2.44 bits per heavy atom. The minimum absolute atomic E-state index is 0.000865. The fraction of sp³-hybridized carbons (Fsp3) is 0.240. The lowest BCUT2D eigenvalue weighted by Crippen LogP contribution is -2.48. The van der Waals surface area contributed by atoms with E-state index < -0.39 is 0 Å². The van der Waals surface area contributed by atoms with Crippen LogP contribution in [0.5, 0.6) is 5.75 Å². The molecule has 0 saturated carbocycles. The highest BCUT2D eigenvalue weighted by Gasteiger charge is 2.23. The van der Waals surface area contributed by atoms with Crippen LogP contribution in [0.1, 0.15) is 21.5 Å². The number of rotatable bonds is 6. The van der Waals surface area contributed by atoms with Crippen molar-refractivity contribution in [3.05, 3.63) is 98.7 Å². The van der Waals surface area contributed by atoms with Gasteiger partial charge in [0, 0.05) is 53.3 Å². The topological polar surface area (TPSA) is 32.8 Å². The Labute approximate surface area is 200 Å². The Hall–Kier alpha value is -2.41. The predicted molar refractivity (Wildman–Crippen MR) is 128 cm³/mol. The van der Waals surface area contributed by atoms with Crippen LogP contribution in [-0.2, 0) is 13.2 Å². The number of carbonyl (C=O) groups is 1. The molecule has 1 fully saturated rings. The number of piperazine rings is 1. The zero-order valence-electron chi connectivity index (χ0n) is 17.4. The van der Waals surface area contributed by atoms with Crippen molar-refractivity contribution in [1.29, 1.82) is 0 Å². The minimum atomic E-state index is -0.293. The van der Waals surface area contributed by atoms with Gasteiger partial charge in [-0.25, -0.2) is 4.39 Å². The van der Waals surface area contributed by atoms with E-state index in [1.807, 2.05) is 53.4 Å². The first kappa shape index (κ1) is 22.8. The number of amides is 1. The molecule has 0 atom stereocenters. The molecule has 1 aliphatic rings. The number of halogens is 3. The van der Waals surface area contributed by atoms with Crippen molar-refractivity contribution in [2.75, 3.05) is 26.2 Å². The van der Waals surface area contributed by atoms with Gasteiger partial charge in [-0.05, 0) is 54.1 Å². The smallest absolute Gasteiger partial charge is 0.253 e. The van der Waals surface area contributed by atoms with Crippen LogP contribution >= 0.6 is 27.5 Å². The van der Waals surface area contributed by atoms with E-state index in [4.69, 9.17) is 16.3 Å². The van der Waals surface area contributed by atoms with E-state index in [0.29, 0.717) is 55.5 Å². The van der Waals surface area contributed by atoms with E-state index in [0.717, 1.165) is 15.8 Å². The fourth-order valence-corrected chi connectivity index (χ4v) is 4.18. The number of nitrogens with zero attached hydrogens (tertiary/aromatic N) is 2. The lowest BCUT2D eigenvalue weighted by molar-refractivity contribution is 0.0627. The molecule has 4 rings (SSSR count). The molecule has 0 spiro atoms. The molecular formula is C25H23BrClFN2O2. The van der Waals surface area contributed by atoms with Gasteiger partial charge in [0.05, 0.1) is 0 Å². The summed E-state index contributed by atoms with van der Waals surface area (Å²) in [6.45, 7) is 3.34. The molecule has 1 saturated heterocycles. The van der Waals surface area contributed by atoms with Crippen LogP contribution in [0, 0.1) is 5.82 Å². The van der Waals surface area contributed by atoms with Crippen LogP contribution in [0.3, 0.4) is 0 Å². The maximum absolute atomic E-state index is 14.1. The summed E-state index contributed by atoms with van der Waals surface area (Å²) >= 11 is 9.56. The van der Waals surface area contributed by atoms with Crippen molar-refractivity contribution >= 4 is 33.4 Å². The minimum Gasteiger partial charge on any atom is -0.489 e. The van der Waals surface area contributed by atoms with Crippen molar-refractivity contribution in [2.45, 2.75) is 13.2 Å². The van der Waals surface area contributed by atoms with Gasteiger partial charge in [-0.1, -0.05) is 45.7 Å². The third-order valence-electron chi connectivity index (χ3n) is 5.50. The van der Waals surface area contributed by atoms with Crippen molar-refractivity contribution in [3.63, 3.8) is 0 Å². The molecule has 0 aliphatic carbocycles. The molecule has 0 unspecified atom stereocenters. The van der Waals surface area contributed by atoms with Crippen LogP contribution in [0.25, 0.3) is 0 Å². The Morgan fingerprint density at radius 1 is 1.00 bits per heavy atom. The Bertz CT molecular complexity index is 1070. The molecule has 3 aromatic carbocycles. The summed E-state index contributed by atoms with van der Waals surface area (Å²) in [5, 5.41) is 0.436. The van der Waals surface area contributed by atoms with E-state index in [9.17, 15) is 9.18 Å². The van der Waals surface area contributed by atoms with Crippen LogP contribution in [0.15, 0.2) is 71.2 Å². The highest BCUT2D eigenvalue weighted by molar-refractivity contribution is 9.10. The van der Waals surface area contributed by atoms with Crippen molar-refractivity contribution in [3.8, 4) is 5.75 Å². The van der Waals surface area contributed by atoms with Crippen LogP contribution in [0.4, 0.5) is 4.39 Å². The second-order valence-corrected chi connectivity index (χ2v) is 9.03. The third kappa shape index (κ3) is 5.68. The van der Waals surface area contributed by atoms with Gasteiger partial charge in [-0.2, -0.15) is 0 Å². The van der Waals surface area contributed by atoms with Gasteiger partial charge in [-0.3, -0.25) is 9.69 Å². The summed E-state index contributed by atoms with van der Waals surface area (Å²) in [5.74, 6) is 0.480. The first-order valence-corrected chi connectivity index (χ1v) is 11.6. The van der Waals surface area contributed by atoms with Crippen molar-refractivity contribution in [1.82, 2.24) is 9.80 Å². The predicted octanol–water partition coefficient (Wildman–Crippen LogP) is 5.78. The summed E-state index contributed by atoms with van der Waals surface area (Å²) < 4.78 is 20.9. The van der Waals surface area contributed by atoms with E-state index >= 15 is 0 Å². The van der Waals surface area contributed by atoms with Gasteiger partial charge in [0.15, 0.2) is 0 Å². The number of ether oxygens (including phenoxy) is 1. The largest absolute Gasteiger partial charge is 0.489 e. The Balaban J connectivity index is 1.33. The summed E-state index contributed by atoms with van der Waals surface area (Å²) in [6, 6.07) is 19.9. The number of hydrogen-bond donors (Lipinski definition) is 0. The van der Waals surface area contributed by atoms with Gasteiger partial charge < -0.3 is 9.64 Å². The summed E-state index contributed by atoms with van der Waals surface area (Å²) in [6.07, 6.45) is 0. The van der Waals surface area contributed by atoms with E-state index in [2.05, 4.69) is 20.8 Å². The maximum Gasteiger partial charge on any atom is 0.253 e. The van der Waals surface area contributed by atoms with Gasteiger partial charge in [-0.15, -0.1) is 0 Å².